The van der Waals surface area contributed by atoms with Crippen molar-refractivity contribution in [1.82, 2.24) is 4.90 Å². The molecule has 0 unspecified atom stereocenters. The van der Waals surface area contributed by atoms with E-state index in [2.05, 4.69) is 0 Å². The topological polar surface area (TPSA) is 59.1 Å². The number of hydrogen-bond donors (Lipinski definition) is 0. The van der Waals surface area contributed by atoms with Crippen LogP contribution in [0.2, 0.25) is 5.02 Å². The summed E-state index contributed by atoms with van der Waals surface area (Å²) in [7, 11) is 3.21. The quantitative estimate of drug-likeness (QED) is 0.552. The Bertz CT molecular complexity index is 993. The fourth-order valence-electron chi connectivity index (χ4n) is 3.62. The van der Waals surface area contributed by atoms with Gasteiger partial charge >= 0.3 is 0 Å². The number of imide groups is 1. The van der Waals surface area contributed by atoms with Crippen molar-refractivity contribution in [3.8, 4) is 0 Å². The molecule has 0 spiro atoms. The molecule has 0 aromatic heterocycles. The van der Waals surface area contributed by atoms with Crippen LogP contribution in [-0.2, 0) is 19.1 Å². The maximum atomic E-state index is 13.7. The lowest BCUT2D eigenvalue weighted by Crippen LogP contribution is -2.38. The van der Waals surface area contributed by atoms with Gasteiger partial charge in [0, 0.05) is 32.3 Å². The van der Waals surface area contributed by atoms with Crippen LogP contribution in [0.1, 0.15) is 16.7 Å². The Hall–Kier alpha value is -2.67. The molecule has 0 atom stereocenters. The molecule has 0 saturated heterocycles. The average Bonchev–Trinajstić information content (AvgIpc) is 2.99. The van der Waals surface area contributed by atoms with Crippen LogP contribution in [-0.4, -0.2) is 57.2 Å². The first-order valence-corrected chi connectivity index (χ1v) is 10.5. The predicted octanol–water partition coefficient (Wildman–Crippen LogP) is 3.84. The minimum Gasteiger partial charge on any atom is -0.383 e. The van der Waals surface area contributed by atoms with Gasteiger partial charge in [0.1, 0.15) is 5.70 Å². The normalized spacial score (nSPS) is 14.0. The number of methoxy groups -OCH3 is 2. The van der Waals surface area contributed by atoms with Crippen LogP contribution in [0.5, 0.6) is 0 Å². The molecule has 0 saturated carbocycles. The zero-order chi connectivity index (χ0) is 22.5. The van der Waals surface area contributed by atoms with Crippen LogP contribution >= 0.6 is 11.6 Å². The fourth-order valence-corrected chi connectivity index (χ4v) is 3.85. The molecule has 6 nitrogen and oxygen atoms in total. The van der Waals surface area contributed by atoms with Crippen molar-refractivity contribution >= 4 is 34.7 Å². The Morgan fingerprint density at radius 1 is 0.903 bits per heavy atom. The molecular formula is C24H27ClN2O4. The Morgan fingerprint density at radius 2 is 1.52 bits per heavy atom. The van der Waals surface area contributed by atoms with Gasteiger partial charge < -0.3 is 14.4 Å². The number of carbonyl (C=O) groups excluding carboxylic acids is 2. The second-order valence-corrected chi connectivity index (χ2v) is 7.88. The van der Waals surface area contributed by atoms with Gasteiger partial charge in [-0.05, 0) is 43.2 Å². The standard InChI is InChI=1S/C24H27ClN2O4/c1-16-5-7-18(8-6-16)21-22(26(11-13-30-3)12-14-31-4)24(29)27(23(21)28)20-10-9-19(25)15-17(20)2/h5-10,15H,11-14H2,1-4H3. The summed E-state index contributed by atoms with van der Waals surface area (Å²) >= 11 is 6.09. The Morgan fingerprint density at radius 3 is 2.06 bits per heavy atom. The first-order valence-electron chi connectivity index (χ1n) is 10.1. The number of anilines is 1. The van der Waals surface area contributed by atoms with Crippen LogP contribution in [0.15, 0.2) is 48.2 Å². The van der Waals surface area contributed by atoms with Gasteiger partial charge in [-0.25, -0.2) is 4.90 Å². The second-order valence-electron chi connectivity index (χ2n) is 7.44. The summed E-state index contributed by atoms with van der Waals surface area (Å²) in [6.45, 7) is 5.55. The lowest BCUT2D eigenvalue weighted by atomic mass is 10.0. The van der Waals surface area contributed by atoms with E-state index in [1.165, 1.54) is 4.90 Å². The molecule has 1 aliphatic rings. The van der Waals surface area contributed by atoms with Crippen LogP contribution < -0.4 is 4.90 Å². The van der Waals surface area contributed by atoms with E-state index in [4.69, 9.17) is 21.1 Å². The zero-order valence-corrected chi connectivity index (χ0v) is 19.0. The van der Waals surface area contributed by atoms with E-state index in [1.807, 2.05) is 43.0 Å². The first-order chi connectivity index (χ1) is 14.9. The van der Waals surface area contributed by atoms with Crippen molar-refractivity contribution in [2.75, 3.05) is 45.4 Å². The van der Waals surface area contributed by atoms with Crippen LogP contribution in [0.25, 0.3) is 5.57 Å². The first kappa shape index (κ1) is 23.0. The highest BCUT2D eigenvalue weighted by Crippen LogP contribution is 2.36. The van der Waals surface area contributed by atoms with Crippen molar-refractivity contribution in [1.29, 1.82) is 0 Å². The third kappa shape index (κ3) is 4.82. The van der Waals surface area contributed by atoms with Gasteiger partial charge in [0.25, 0.3) is 11.8 Å². The number of amides is 2. The molecular weight excluding hydrogens is 416 g/mol. The van der Waals surface area contributed by atoms with E-state index in [0.717, 1.165) is 11.1 Å². The maximum absolute atomic E-state index is 13.7. The van der Waals surface area contributed by atoms with Crippen molar-refractivity contribution in [3.63, 3.8) is 0 Å². The molecule has 2 aromatic carbocycles. The highest BCUT2D eigenvalue weighted by molar-refractivity contribution is 6.45. The summed E-state index contributed by atoms with van der Waals surface area (Å²) < 4.78 is 10.5. The third-order valence-electron chi connectivity index (χ3n) is 5.25. The highest BCUT2D eigenvalue weighted by Gasteiger charge is 2.42. The van der Waals surface area contributed by atoms with Crippen LogP contribution in [0.4, 0.5) is 5.69 Å². The summed E-state index contributed by atoms with van der Waals surface area (Å²) in [6.07, 6.45) is 0. The lowest BCUT2D eigenvalue weighted by Gasteiger charge is -2.26. The van der Waals surface area contributed by atoms with Crippen molar-refractivity contribution in [3.05, 3.63) is 69.9 Å². The van der Waals surface area contributed by atoms with E-state index >= 15 is 0 Å². The number of ether oxygens (including phenoxy) is 2. The van der Waals surface area contributed by atoms with Crippen molar-refractivity contribution < 1.29 is 19.1 Å². The average molecular weight is 443 g/mol. The molecule has 0 radical (unpaired) electrons. The molecule has 0 N–H and O–H groups in total. The number of benzene rings is 2. The van der Waals surface area contributed by atoms with E-state index < -0.39 is 0 Å². The molecule has 0 bridgehead atoms. The number of carbonyl (C=O) groups is 2. The molecule has 2 aromatic rings. The van der Waals surface area contributed by atoms with Crippen molar-refractivity contribution in [2.24, 2.45) is 0 Å². The summed E-state index contributed by atoms with van der Waals surface area (Å²) in [5.74, 6) is -0.715. The van der Waals surface area contributed by atoms with Crippen LogP contribution in [0, 0.1) is 13.8 Å². The third-order valence-corrected chi connectivity index (χ3v) is 5.48. The van der Waals surface area contributed by atoms with Gasteiger partial charge in [-0.3, -0.25) is 9.59 Å². The van der Waals surface area contributed by atoms with Crippen molar-refractivity contribution in [2.45, 2.75) is 13.8 Å². The molecule has 164 valence electrons. The smallest absolute Gasteiger partial charge is 0.282 e. The SMILES string of the molecule is COCCN(CCOC)C1=C(c2ccc(C)cc2)C(=O)N(c2ccc(Cl)cc2C)C1=O. The molecule has 31 heavy (non-hydrogen) atoms. The molecule has 1 aliphatic heterocycles. The summed E-state index contributed by atoms with van der Waals surface area (Å²) in [5.41, 5.74) is 3.79. The van der Waals surface area contributed by atoms with E-state index in [-0.39, 0.29) is 11.8 Å². The largest absolute Gasteiger partial charge is 0.383 e. The lowest BCUT2D eigenvalue weighted by molar-refractivity contribution is -0.120. The maximum Gasteiger partial charge on any atom is 0.282 e. The Balaban J connectivity index is 2.14. The van der Waals surface area contributed by atoms with E-state index in [0.29, 0.717) is 53.8 Å². The number of rotatable bonds is 9. The van der Waals surface area contributed by atoms with Gasteiger partial charge in [0.15, 0.2) is 0 Å². The Labute approximate surface area is 188 Å². The molecule has 0 fully saturated rings. The predicted molar refractivity (Wildman–Crippen MR) is 122 cm³/mol. The number of hydrogen-bond acceptors (Lipinski definition) is 5. The number of nitrogens with zero attached hydrogens (tertiary/aromatic N) is 2. The molecule has 0 aliphatic carbocycles. The van der Waals surface area contributed by atoms with Gasteiger partial charge in [0.05, 0.1) is 24.5 Å². The molecule has 3 rings (SSSR count). The van der Waals surface area contributed by atoms with Crippen LogP contribution in [0.3, 0.4) is 0 Å². The summed E-state index contributed by atoms with van der Waals surface area (Å²) in [5, 5.41) is 0.550. The van der Waals surface area contributed by atoms with E-state index in [9.17, 15) is 9.59 Å². The summed E-state index contributed by atoms with van der Waals surface area (Å²) in [4.78, 5) is 30.4. The summed E-state index contributed by atoms with van der Waals surface area (Å²) in [6, 6.07) is 12.7. The molecule has 7 heteroatoms. The highest BCUT2D eigenvalue weighted by atomic mass is 35.5. The fraction of sp³-hybridized carbons (Fsp3) is 0.333. The molecule has 1 heterocycles. The molecule has 2 amide bonds. The minimum absolute atomic E-state index is 0.353. The second kappa shape index (κ2) is 10.1. The minimum atomic E-state index is -0.363. The van der Waals surface area contributed by atoms with Gasteiger partial charge in [-0.15, -0.1) is 0 Å². The Kier molecular flexibility index (Phi) is 7.49. The zero-order valence-electron chi connectivity index (χ0n) is 18.3. The monoisotopic (exact) mass is 442 g/mol. The number of aryl methyl sites for hydroxylation is 2. The van der Waals surface area contributed by atoms with E-state index in [1.54, 1.807) is 32.4 Å². The number of halogens is 1. The van der Waals surface area contributed by atoms with Gasteiger partial charge in [0.2, 0.25) is 0 Å². The van der Waals surface area contributed by atoms with Gasteiger partial charge in [-0.2, -0.15) is 0 Å². The van der Waals surface area contributed by atoms with Gasteiger partial charge in [-0.1, -0.05) is 41.4 Å².